The zero-order valence-corrected chi connectivity index (χ0v) is 22.2. The van der Waals surface area contributed by atoms with Gasteiger partial charge in [0, 0.05) is 42.1 Å². The molecule has 3 aliphatic rings. The Morgan fingerprint density at radius 3 is 2.47 bits per heavy atom. The number of thiophene rings is 1. The van der Waals surface area contributed by atoms with Crippen molar-refractivity contribution in [2.45, 2.75) is 109 Å². The van der Waals surface area contributed by atoms with E-state index in [1.807, 2.05) is 5.38 Å². The van der Waals surface area contributed by atoms with E-state index in [0.717, 1.165) is 60.2 Å². The largest absolute Gasteiger partial charge is 0.349 e. The molecule has 1 saturated carbocycles. The number of carbonyl (C=O) groups is 1. The first-order valence-corrected chi connectivity index (χ1v) is 14.4. The Hall–Kier alpha value is -1.44. The fourth-order valence-corrected chi connectivity index (χ4v) is 7.70. The Morgan fingerprint density at radius 1 is 1.15 bits per heavy atom. The first-order chi connectivity index (χ1) is 16.4. The fourth-order valence-electron chi connectivity index (χ4n) is 6.67. The summed E-state index contributed by atoms with van der Waals surface area (Å²) in [5.74, 6) is 2.95. The molecule has 8 heteroatoms. The first-order valence-electron chi connectivity index (χ1n) is 13.1. The molecule has 1 N–H and O–H groups in total. The van der Waals surface area contributed by atoms with Gasteiger partial charge in [-0.05, 0) is 63.3 Å². The number of halogens is 1. The summed E-state index contributed by atoms with van der Waals surface area (Å²) in [6.07, 6.45) is 10.1. The minimum absolute atomic E-state index is 0.00314. The number of aromatic nitrogens is 3. The topological polar surface area (TPSA) is 63.1 Å². The molecule has 5 rings (SSSR count). The molecule has 6 nitrogen and oxygen atoms in total. The number of aryl methyl sites for hydroxylation is 1. The van der Waals surface area contributed by atoms with Crippen LogP contribution in [0.5, 0.6) is 0 Å². The molecule has 1 aliphatic carbocycles. The highest BCUT2D eigenvalue weighted by molar-refractivity contribution is 7.14. The number of nitrogens with zero attached hydrogens (tertiary/aromatic N) is 4. The Bertz CT molecular complexity index is 983. The Balaban J connectivity index is 1.26. The molecule has 4 atom stereocenters. The maximum absolute atomic E-state index is 13.0. The van der Waals surface area contributed by atoms with E-state index in [0.29, 0.717) is 24.0 Å². The second kappa shape index (κ2) is 10.3. The van der Waals surface area contributed by atoms with Gasteiger partial charge in [-0.15, -0.1) is 21.5 Å². The van der Waals surface area contributed by atoms with Crippen molar-refractivity contribution in [1.82, 2.24) is 25.0 Å². The smallest absolute Gasteiger partial charge is 0.223 e. The molecule has 0 radical (unpaired) electrons. The molecule has 2 aromatic rings. The Kier molecular flexibility index (Phi) is 7.33. The van der Waals surface area contributed by atoms with E-state index in [1.165, 1.54) is 25.7 Å². The molecular formula is C26H38ClN5OS. The Morgan fingerprint density at radius 2 is 1.85 bits per heavy atom. The van der Waals surface area contributed by atoms with Gasteiger partial charge in [-0.25, -0.2) is 0 Å². The van der Waals surface area contributed by atoms with Gasteiger partial charge in [0.1, 0.15) is 11.6 Å². The summed E-state index contributed by atoms with van der Waals surface area (Å²) >= 11 is 8.10. The average molecular weight is 504 g/mol. The van der Waals surface area contributed by atoms with Crippen LogP contribution in [-0.4, -0.2) is 44.2 Å². The standard InChI is InChI=1S/C26H38ClN5OS/c1-16(2)25-30-29-17(3)32(25)21-14-19-8-9-20(15-21)31(19)12-10-23(22-11-13-34-24(22)27)28-26(33)18-6-4-5-7-18/h11,13,16,18-21,23H,4-10,12,14-15H2,1-3H3,(H,28,33)/t19-,20+,21?,23-/m0/s1. The van der Waals surface area contributed by atoms with Crippen LogP contribution in [0.25, 0.3) is 0 Å². The third-order valence-corrected chi connectivity index (χ3v) is 9.57. The van der Waals surface area contributed by atoms with Gasteiger partial charge in [0.05, 0.1) is 10.4 Å². The van der Waals surface area contributed by atoms with E-state index in [-0.39, 0.29) is 17.9 Å². The molecule has 2 aliphatic heterocycles. The van der Waals surface area contributed by atoms with Gasteiger partial charge in [-0.3, -0.25) is 9.69 Å². The van der Waals surface area contributed by atoms with Crippen LogP contribution >= 0.6 is 22.9 Å². The van der Waals surface area contributed by atoms with Gasteiger partial charge >= 0.3 is 0 Å². The quantitative estimate of drug-likeness (QED) is 0.477. The van der Waals surface area contributed by atoms with Gasteiger partial charge < -0.3 is 9.88 Å². The monoisotopic (exact) mass is 503 g/mol. The summed E-state index contributed by atoms with van der Waals surface area (Å²) in [7, 11) is 0. The number of amides is 1. The molecule has 3 fully saturated rings. The molecule has 4 heterocycles. The second-order valence-corrected chi connectivity index (χ2v) is 12.4. The van der Waals surface area contributed by atoms with Crippen molar-refractivity contribution in [3.05, 3.63) is 33.0 Å². The van der Waals surface area contributed by atoms with Crippen LogP contribution in [0.1, 0.15) is 107 Å². The zero-order valence-electron chi connectivity index (χ0n) is 20.7. The average Bonchev–Trinajstić information content (AvgIpc) is 3.59. The molecule has 1 amide bonds. The van der Waals surface area contributed by atoms with Crippen molar-refractivity contribution in [2.24, 2.45) is 5.92 Å². The first kappa shape index (κ1) is 24.3. The van der Waals surface area contributed by atoms with E-state index in [9.17, 15) is 4.79 Å². The lowest BCUT2D eigenvalue weighted by Crippen LogP contribution is -2.45. The van der Waals surface area contributed by atoms with Gasteiger partial charge in [-0.2, -0.15) is 0 Å². The normalized spacial score (nSPS) is 26.4. The van der Waals surface area contributed by atoms with Crippen molar-refractivity contribution >= 4 is 28.8 Å². The zero-order chi connectivity index (χ0) is 23.8. The van der Waals surface area contributed by atoms with E-state index >= 15 is 0 Å². The number of hydrogen-bond donors (Lipinski definition) is 1. The van der Waals surface area contributed by atoms with Crippen LogP contribution < -0.4 is 5.32 Å². The van der Waals surface area contributed by atoms with Crippen LogP contribution in [0.15, 0.2) is 11.4 Å². The molecule has 2 bridgehead atoms. The second-order valence-electron chi connectivity index (χ2n) is 10.9. The van der Waals surface area contributed by atoms with E-state index in [2.05, 4.69) is 51.8 Å². The SMILES string of the molecule is Cc1nnc(C(C)C)n1C1C[C@H]2CC[C@@H](C1)N2CC[C@H](NC(=O)C1CCCC1)c1ccsc1Cl. The summed E-state index contributed by atoms with van der Waals surface area (Å²) < 4.78 is 3.23. The highest BCUT2D eigenvalue weighted by atomic mass is 35.5. The van der Waals surface area contributed by atoms with E-state index < -0.39 is 0 Å². The lowest BCUT2D eigenvalue weighted by Gasteiger charge is -2.40. The summed E-state index contributed by atoms with van der Waals surface area (Å²) in [6, 6.07) is 3.77. The highest BCUT2D eigenvalue weighted by Crippen LogP contribution is 2.43. The third-order valence-electron chi connectivity index (χ3n) is 8.37. The lowest BCUT2D eigenvalue weighted by molar-refractivity contribution is -0.125. The van der Waals surface area contributed by atoms with Gasteiger partial charge in [-0.1, -0.05) is 38.3 Å². The van der Waals surface area contributed by atoms with Crippen molar-refractivity contribution < 1.29 is 4.79 Å². The predicted octanol–water partition coefficient (Wildman–Crippen LogP) is 6.03. The van der Waals surface area contributed by atoms with Crippen molar-refractivity contribution in [2.75, 3.05) is 6.54 Å². The van der Waals surface area contributed by atoms with Crippen LogP contribution in [-0.2, 0) is 4.79 Å². The van der Waals surface area contributed by atoms with Crippen molar-refractivity contribution in [3.8, 4) is 0 Å². The molecule has 1 unspecified atom stereocenters. The summed E-state index contributed by atoms with van der Waals surface area (Å²) in [5, 5.41) is 14.3. The van der Waals surface area contributed by atoms with Crippen molar-refractivity contribution in [1.29, 1.82) is 0 Å². The van der Waals surface area contributed by atoms with Gasteiger partial charge in [0.2, 0.25) is 5.91 Å². The number of fused-ring (bicyclic) bond motifs is 2. The Labute approximate surface area is 212 Å². The van der Waals surface area contributed by atoms with Gasteiger partial charge in [0.15, 0.2) is 0 Å². The predicted molar refractivity (Wildman–Crippen MR) is 137 cm³/mol. The number of nitrogens with one attached hydrogen (secondary N) is 1. The van der Waals surface area contributed by atoms with E-state index in [4.69, 9.17) is 11.6 Å². The minimum atomic E-state index is -0.00314. The molecule has 34 heavy (non-hydrogen) atoms. The molecule has 2 aromatic heterocycles. The molecule has 0 aromatic carbocycles. The van der Waals surface area contributed by atoms with E-state index in [1.54, 1.807) is 11.3 Å². The number of rotatable bonds is 8. The lowest BCUT2D eigenvalue weighted by atomic mass is 9.95. The number of carbonyl (C=O) groups excluding carboxylic acids is 1. The molecule has 0 spiro atoms. The minimum Gasteiger partial charge on any atom is -0.349 e. The number of hydrogen-bond acceptors (Lipinski definition) is 5. The third kappa shape index (κ3) is 4.80. The highest BCUT2D eigenvalue weighted by Gasteiger charge is 2.42. The summed E-state index contributed by atoms with van der Waals surface area (Å²) in [6.45, 7) is 7.51. The maximum atomic E-state index is 13.0. The van der Waals surface area contributed by atoms with Gasteiger partial charge in [0.25, 0.3) is 0 Å². The van der Waals surface area contributed by atoms with Crippen LogP contribution in [0.2, 0.25) is 4.34 Å². The van der Waals surface area contributed by atoms with Crippen LogP contribution in [0.3, 0.4) is 0 Å². The maximum Gasteiger partial charge on any atom is 0.223 e. The summed E-state index contributed by atoms with van der Waals surface area (Å²) in [5.41, 5.74) is 1.09. The summed E-state index contributed by atoms with van der Waals surface area (Å²) in [4.78, 5) is 15.7. The molecule has 2 saturated heterocycles. The molecular weight excluding hydrogens is 466 g/mol. The fraction of sp³-hybridized carbons (Fsp3) is 0.731. The van der Waals surface area contributed by atoms with Crippen molar-refractivity contribution in [3.63, 3.8) is 0 Å². The van der Waals surface area contributed by atoms with Crippen LogP contribution in [0, 0.1) is 12.8 Å². The molecule has 186 valence electrons. The number of piperidine rings is 1. The van der Waals surface area contributed by atoms with Crippen LogP contribution in [0.4, 0.5) is 0 Å².